The lowest BCUT2D eigenvalue weighted by molar-refractivity contribution is -0.139. The Balaban J connectivity index is 2.18. The molecule has 0 spiro atoms. The summed E-state index contributed by atoms with van der Waals surface area (Å²) in [6.45, 7) is 7.97. The minimum atomic E-state index is -0.602. The number of pyridine rings is 1. The van der Waals surface area contributed by atoms with Gasteiger partial charge in [-0.1, -0.05) is 13.8 Å². The number of aromatic nitrogens is 1. The van der Waals surface area contributed by atoms with Crippen molar-refractivity contribution in [1.29, 1.82) is 0 Å². The largest absolute Gasteiger partial charge is 0.348 e. The second-order valence-electron chi connectivity index (χ2n) is 4.67. The summed E-state index contributed by atoms with van der Waals surface area (Å²) in [5, 5.41) is 5.21. The van der Waals surface area contributed by atoms with Gasteiger partial charge >= 0.3 is 11.8 Å². The van der Waals surface area contributed by atoms with Crippen LogP contribution in [0.3, 0.4) is 0 Å². The highest BCUT2D eigenvalue weighted by Crippen LogP contribution is 1.94. The first kappa shape index (κ1) is 17.1. The molecule has 0 saturated carbocycles. The molecule has 6 heteroatoms. The predicted molar refractivity (Wildman–Crippen MR) is 81.5 cm³/mol. The van der Waals surface area contributed by atoms with E-state index in [2.05, 4.69) is 34.4 Å². The van der Waals surface area contributed by atoms with Crippen LogP contribution in [-0.2, 0) is 16.1 Å². The van der Waals surface area contributed by atoms with Crippen molar-refractivity contribution >= 4 is 11.8 Å². The lowest BCUT2D eigenvalue weighted by Crippen LogP contribution is -2.40. The molecule has 0 unspecified atom stereocenters. The average molecular weight is 292 g/mol. The second-order valence-corrected chi connectivity index (χ2v) is 4.67. The number of nitrogens with zero attached hydrogens (tertiary/aromatic N) is 2. The van der Waals surface area contributed by atoms with Crippen LogP contribution in [0.5, 0.6) is 0 Å². The molecule has 0 bridgehead atoms. The van der Waals surface area contributed by atoms with Crippen LogP contribution in [-0.4, -0.2) is 47.9 Å². The van der Waals surface area contributed by atoms with Crippen LogP contribution in [0.15, 0.2) is 24.5 Å². The fraction of sp³-hybridized carbons (Fsp3) is 0.533. The summed E-state index contributed by atoms with van der Waals surface area (Å²) in [5.41, 5.74) is 0.910. The molecule has 0 fully saturated rings. The van der Waals surface area contributed by atoms with Crippen molar-refractivity contribution in [2.24, 2.45) is 0 Å². The van der Waals surface area contributed by atoms with Crippen LogP contribution in [0.2, 0.25) is 0 Å². The predicted octanol–water partition coefficient (Wildman–Crippen LogP) is 0.546. The third-order valence-corrected chi connectivity index (χ3v) is 3.24. The molecule has 0 aliphatic heterocycles. The quantitative estimate of drug-likeness (QED) is 0.542. The second kappa shape index (κ2) is 9.88. The van der Waals surface area contributed by atoms with Gasteiger partial charge in [-0.25, -0.2) is 0 Å². The fourth-order valence-corrected chi connectivity index (χ4v) is 1.89. The van der Waals surface area contributed by atoms with E-state index in [0.29, 0.717) is 13.1 Å². The molecule has 0 aromatic carbocycles. The Hall–Kier alpha value is -1.95. The molecule has 21 heavy (non-hydrogen) atoms. The Labute approximate surface area is 125 Å². The zero-order valence-corrected chi connectivity index (χ0v) is 12.8. The summed E-state index contributed by atoms with van der Waals surface area (Å²) in [6.07, 6.45) is 4.13. The lowest BCUT2D eigenvalue weighted by atomic mass is 10.3. The molecule has 1 heterocycles. The van der Waals surface area contributed by atoms with Gasteiger partial charge in [0.25, 0.3) is 0 Å². The number of carbonyl (C=O) groups excluding carboxylic acids is 2. The molecule has 0 saturated heterocycles. The maximum atomic E-state index is 11.6. The summed E-state index contributed by atoms with van der Waals surface area (Å²) in [4.78, 5) is 29.4. The molecule has 0 aliphatic rings. The number of nitrogens with one attached hydrogen (secondary N) is 2. The minimum Gasteiger partial charge on any atom is -0.348 e. The normalized spacial score (nSPS) is 10.4. The third kappa shape index (κ3) is 6.85. The summed E-state index contributed by atoms with van der Waals surface area (Å²) in [6, 6.07) is 3.59. The highest BCUT2D eigenvalue weighted by atomic mass is 16.2. The highest BCUT2D eigenvalue weighted by Gasteiger charge is 2.12. The van der Waals surface area contributed by atoms with Gasteiger partial charge in [0, 0.05) is 25.5 Å². The summed E-state index contributed by atoms with van der Waals surface area (Å²) in [7, 11) is 0. The Kier molecular flexibility index (Phi) is 8.04. The molecule has 0 atom stereocenters. The zero-order valence-electron chi connectivity index (χ0n) is 12.8. The summed E-state index contributed by atoms with van der Waals surface area (Å²) in [5.74, 6) is -1.18. The molecule has 0 aliphatic carbocycles. The number of hydrogen-bond acceptors (Lipinski definition) is 4. The van der Waals surface area contributed by atoms with Crippen molar-refractivity contribution in [3.63, 3.8) is 0 Å². The number of carbonyl (C=O) groups is 2. The van der Waals surface area contributed by atoms with Gasteiger partial charge in [0.05, 0.1) is 0 Å². The van der Waals surface area contributed by atoms with Gasteiger partial charge in [-0.2, -0.15) is 0 Å². The van der Waals surface area contributed by atoms with Gasteiger partial charge in [0.15, 0.2) is 0 Å². The van der Waals surface area contributed by atoms with E-state index in [1.807, 2.05) is 0 Å². The maximum absolute atomic E-state index is 11.6. The number of rotatable bonds is 8. The van der Waals surface area contributed by atoms with Crippen molar-refractivity contribution < 1.29 is 9.59 Å². The van der Waals surface area contributed by atoms with E-state index in [-0.39, 0.29) is 0 Å². The van der Waals surface area contributed by atoms with Crippen molar-refractivity contribution in [3.05, 3.63) is 30.1 Å². The van der Waals surface area contributed by atoms with E-state index in [4.69, 9.17) is 0 Å². The molecule has 0 radical (unpaired) electrons. The van der Waals surface area contributed by atoms with Crippen LogP contribution in [0.25, 0.3) is 0 Å². The first-order valence-electron chi connectivity index (χ1n) is 7.34. The van der Waals surface area contributed by atoms with Crippen molar-refractivity contribution in [2.45, 2.75) is 26.8 Å². The van der Waals surface area contributed by atoms with E-state index in [9.17, 15) is 9.59 Å². The average Bonchev–Trinajstić information content (AvgIpc) is 2.53. The molecule has 1 aromatic heterocycles. The van der Waals surface area contributed by atoms with Crippen LogP contribution < -0.4 is 10.6 Å². The number of amides is 2. The van der Waals surface area contributed by atoms with E-state index >= 15 is 0 Å². The van der Waals surface area contributed by atoms with Crippen LogP contribution in [0.1, 0.15) is 25.8 Å². The zero-order chi connectivity index (χ0) is 15.5. The Morgan fingerprint density at radius 2 is 1.71 bits per heavy atom. The standard InChI is InChI=1S/C15H24N4O2/c1-3-19(4-2)11-5-8-17-14(20)15(21)18-12-13-6-9-16-10-7-13/h6-7,9-10H,3-5,8,11-12H2,1-2H3,(H,17,20)(H,18,21). The minimum absolute atomic E-state index is 0.328. The molecule has 2 amide bonds. The van der Waals surface area contributed by atoms with E-state index in [1.165, 1.54) is 0 Å². The summed E-state index contributed by atoms with van der Waals surface area (Å²) < 4.78 is 0. The molecule has 1 rings (SSSR count). The first-order valence-corrected chi connectivity index (χ1v) is 7.34. The Morgan fingerprint density at radius 1 is 1.10 bits per heavy atom. The fourth-order valence-electron chi connectivity index (χ4n) is 1.89. The van der Waals surface area contributed by atoms with Gasteiger partial charge < -0.3 is 15.5 Å². The van der Waals surface area contributed by atoms with Crippen molar-refractivity contribution in [2.75, 3.05) is 26.2 Å². The third-order valence-electron chi connectivity index (χ3n) is 3.24. The smallest absolute Gasteiger partial charge is 0.309 e. The van der Waals surface area contributed by atoms with E-state index in [1.54, 1.807) is 24.5 Å². The van der Waals surface area contributed by atoms with Gasteiger partial charge in [0.1, 0.15) is 0 Å². The maximum Gasteiger partial charge on any atom is 0.309 e. The first-order chi connectivity index (χ1) is 10.2. The summed E-state index contributed by atoms with van der Waals surface area (Å²) >= 11 is 0. The molecule has 2 N–H and O–H groups in total. The van der Waals surface area contributed by atoms with E-state index in [0.717, 1.165) is 31.6 Å². The van der Waals surface area contributed by atoms with Crippen LogP contribution >= 0.6 is 0 Å². The molecule has 6 nitrogen and oxygen atoms in total. The van der Waals surface area contributed by atoms with Crippen molar-refractivity contribution in [1.82, 2.24) is 20.5 Å². The van der Waals surface area contributed by atoms with Gasteiger partial charge in [-0.05, 0) is 43.8 Å². The van der Waals surface area contributed by atoms with Gasteiger partial charge in [0.2, 0.25) is 0 Å². The molecule has 1 aromatic rings. The lowest BCUT2D eigenvalue weighted by Gasteiger charge is -2.17. The van der Waals surface area contributed by atoms with Gasteiger partial charge in [-0.3, -0.25) is 14.6 Å². The number of hydrogen-bond donors (Lipinski definition) is 2. The molecular formula is C15H24N4O2. The van der Waals surface area contributed by atoms with Crippen LogP contribution in [0, 0.1) is 0 Å². The Morgan fingerprint density at radius 3 is 2.33 bits per heavy atom. The topological polar surface area (TPSA) is 74.3 Å². The van der Waals surface area contributed by atoms with E-state index < -0.39 is 11.8 Å². The molecular weight excluding hydrogens is 268 g/mol. The Bertz CT molecular complexity index is 433. The monoisotopic (exact) mass is 292 g/mol. The molecule has 116 valence electrons. The van der Waals surface area contributed by atoms with Crippen molar-refractivity contribution in [3.8, 4) is 0 Å². The SMILES string of the molecule is CCN(CC)CCCNC(=O)C(=O)NCc1ccncc1. The van der Waals surface area contributed by atoms with Gasteiger partial charge in [-0.15, -0.1) is 0 Å². The highest BCUT2D eigenvalue weighted by molar-refractivity contribution is 6.35. The van der Waals surface area contributed by atoms with Crippen LogP contribution in [0.4, 0.5) is 0 Å².